The average Bonchev–Trinajstić information content (AvgIpc) is 3.54. The van der Waals surface area contributed by atoms with E-state index in [1.807, 2.05) is 41.9 Å². The fraction of sp³-hybridized carbons (Fsp3) is 0.375. The van der Waals surface area contributed by atoms with Crippen LogP contribution in [0, 0.1) is 0 Å². The Morgan fingerprint density at radius 3 is 2.67 bits per heavy atom. The SMILES string of the molecule is C[C@@H](Sc1nc(C2CC2)n(-c2ccccc2)n1)C(=O)N[C@H]1CCCc2ccccc21. The predicted octanol–water partition coefficient (Wildman–Crippen LogP) is 4.82. The molecule has 0 radical (unpaired) electrons. The van der Waals surface area contributed by atoms with Crippen LogP contribution in [0.5, 0.6) is 0 Å². The number of nitrogens with one attached hydrogen (secondary N) is 1. The van der Waals surface area contributed by atoms with Gasteiger partial charge in [0, 0.05) is 5.92 Å². The number of thioether (sulfide) groups is 1. The molecule has 1 aromatic heterocycles. The van der Waals surface area contributed by atoms with Crippen molar-refractivity contribution < 1.29 is 4.79 Å². The van der Waals surface area contributed by atoms with Gasteiger partial charge < -0.3 is 5.32 Å². The molecule has 2 aliphatic rings. The third kappa shape index (κ3) is 4.01. The van der Waals surface area contributed by atoms with E-state index in [-0.39, 0.29) is 17.2 Å². The van der Waals surface area contributed by atoms with Crippen LogP contribution in [0.2, 0.25) is 0 Å². The van der Waals surface area contributed by atoms with Gasteiger partial charge in [-0.15, -0.1) is 5.10 Å². The first kappa shape index (κ1) is 19.4. The van der Waals surface area contributed by atoms with E-state index in [0.717, 1.165) is 43.6 Å². The number of rotatable bonds is 6. The molecular formula is C24H26N4OS. The molecule has 1 heterocycles. The van der Waals surface area contributed by atoms with Gasteiger partial charge in [-0.25, -0.2) is 9.67 Å². The van der Waals surface area contributed by atoms with Crippen molar-refractivity contribution >= 4 is 17.7 Å². The summed E-state index contributed by atoms with van der Waals surface area (Å²) in [5.41, 5.74) is 3.64. The minimum atomic E-state index is -0.252. The summed E-state index contributed by atoms with van der Waals surface area (Å²) in [6, 6.07) is 18.7. The highest BCUT2D eigenvalue weighted by molar-refractivity contribution is 8.00. The van der Waals surface area contributed by atoms with Crippen LogP contribution in [-0.4, -0.2) is 25.9 Å². The lowest BCUT2D eigenvalue weighted by molar-refractivity contribution is -0.121. The lowest BCUT2D eigenvalue weighted by Crippen LogP contribution is -2.35. The Labute approximate surface area is 181 Å². The lowest BCUT2D eigenvalue weighted by Gasteiger charge is -2.27. The van der Waals surface area contributed by atoms with Crippen LogP contribution in [0.1, 0.15) is 61.5 Å². The zero-order valence-corrected chi connectivity index (χ0v) is 17.9. The first-order valence-electron chi connectivity index (χ1n) is 10.8. The number of amides is 1. The van der Waals surface area contributed by atoms with Gasteiger partial charge in [0.25, 0.3) is 0 Å². The fourth-order valence-electron chi connectivity index (χ4n) is 4.12. The monoisotopic (exact) mass is 418 g/mol. The molecule has 1 N–H and O–H groups in total. The highest BCUT2D eigenvalue weighted by Crippen LogP contribution is 2.40. The molecule has 1 fully saturated rings. The van der Waals surface area contributed by atoms with Crippen molar-refractivity contribution in [1.82, 2.24) is 20.1 Å². The number of hydrogen-bond acceptors (Lipinski definition) is 4. The Morgan fingerprint density at radius 1 is 1.10 bits per heavy atom. The molecule has 2 aromatic carbocycles. The minimum Gasteiger partial charge on any atom is -0.348 e. The molecular weight excluding hydrogens is 392 g/mol. The Hall–Kier alpha value is -2.60. The molecule has 5 rings (SSSR count). The average molecular weight is 419 g/mol. The highest BCUT2D eigenvalue weighted by atomic mass is 32.2. The molecule has 1 saturated carbocycles. The maximum atomic E-state index is 12.9. The second-order valence-corrected chi connectivity index (χ2v) is 9.49. The molecule has 0 unspecified atom stereocenters. The summed E-state index contributed by atoms with van der Waals surface area (Å²) >= 11 is 1.44. The van der Waals surface area contributed by atoms with Gasteiger partial charge in [-0.05, 0) is 62.3 Å². The Morgan fingerprint density at radius 2 is 1.87 bits per heavy atom. The van der Waals surface area contributed by atoms with Crippen molar-refractivity contribution in [3.63, 3.8) is 0 Å². The highest BCUT2D eigenvalue weighted by Gasteiger charge is 2.31. The first-order chi connectivity index (χ1) is 14.7. The largest absolute Gasteiger partial charge is 0.348 e. The van der Waals surface area contributed by atoms with Gasteiger partial charge in [0.05, 0.1) is 17.0 Å². The molecule has 5 nitrogen and oxygen atoms in total. The van der Waals surface area contributed by atoms with Crippen molar-refractivity contribution in [2.45, 2.75) is 61.4 Å². The fourth-order valence-corrected chi connectivity index (χ4v) is 4.89. The summed E-state index contributed by atoms with van der Waals surface area (Å²) in [5, 5.41) is 8.42. The quantitative estimate of drug-likeness (QED) is 0.583. The van der Waals surface area contributed by atoms with E-state index >= 15 is 0 Å². The summed E-state index contributed by atoms with van der Waals surface area (Å²) in [6.45, 7) is 1.94. The number of hydrogen-bond donors (Lipinski definition) is 1. The number of fused-ring (bicyclic) bond motifs is 1. The molecule has 6 heteroatoms. The number of aryl methyl sites for hydroxylation is 1. The number of aromatic nitrogens is 3. The number of benzene rings is 2. The number of carbonyl (C=O) groups is 1. The number of para-hydroxylation sites is 1. The molecule has 154 valence electrons. The summed E-state index contributed by atoms with van der Waals surface area (Å²) in [5.74, 6) is 1.54. The normalized spacial score (nSPS) is 19.2. The minimum absolute atomic E-state index is 0.0470. The van der Waals surface area contributed by atoms with Crippen LogP contribution < -0.4 is 5.32 Å². The second-order valence-electron chi connectivity index (χ2n) is 8.19. The van der Waals surface area contributed by atoms with E-state index in [1.54, 1.807) is 0 Å². The number of carbonyl (C=O) groups excluding carboxylic acids is 1. The van der Waals surface area contributed by atoms with E-state index in [4.69, 9.17) is 10.1 Å². The maximum absolute atomic E-state index is 12.9. The maximum Gasteiger partial charge on any atom is 0.233 e. The van der Waals surface area contributed by atoms with E-state index in [1.165, 1.54) is 22.9 Å². The lowest BCUT2D eigenvalue weighted by atomic mass is 9.88. The summed E-state index contributed by atoms with van der Waals surface area (Å²) in [6.07, 6.45) is 5.52. The molecule has 2 aliphatic carbocycles. The Balaban J connectivity index is 1.30. The molecule has 0 saturated heterocycles. The molecule has 2 atom stereocenters. The van der Waals surface area contributed by atoms with E-state index in [0.29, 0.717) is 11.1 Å². The van der Waals surface area contributed by atoms with Gasteiger partial charge in [-0.2, -0.15) is 0 Å². The zero-order chi connectivity index (χ0) is 20.5. The standard InChI is InChI=1S/C24H26N4OS/c1-16(23(29)25-21-13-7-9-17-8-5-6-12-20(17)21)30-24-26-22(18-14-15-18)28(27-24)19-10-3-2-4-11-19/h2-6,8,10-12,16,18,21H,7,9,13-15H2,1H3,(H,25,29)/t16-,21+/m1/s1. The van der Waals surface area contributed by atoms with Gasteiger partial charge in [0.15, 0.2) is 0 Å². The van der Waals surface area contributed by atoms with E-state index in [9.17, 15) is 4.79 Å². The van der Waals surface area contributed by atoms with Crippen LogP contribution in [-0.2, 0) is 11.2 Å². The van der Waals surface area contributed by atoms with Gasteiger partial charge in [-0.3, -0.25) is 4.79 Å². The van der Waals surface area contributed by atoms with Gasteiger partial charge in [-0.1, -0.05) is 54.2 Å². The van der Waals surface area contributed by atoms with Gasteiger partial charge >= 0.3 is 0 Å². The zero-order valence-electron chi connectivity index (χ0n) is 17.1. The van der Waals surface area contributed by atoms with Crippen molar-refractivity contribution in [3.8, 4) is 5.69 Å². The topological polar surface area (TPSA) is 59.8 Å². The van der Waals surface area contributed by atoms with Crippen LogP contribution in [0.15, 0.2) is 59.8 Å². The third-order valence-corrected chi connectivity index (χ3v) is 6.84. The van der Waals surface area contributed by atoms with Gasteiger partial charge in [0.1, 0.15) is 5.82 Å². The third-order valence-electron chi connectivity index (χ3n) is 5.89. The summed E-state index contributed by atoms with van der Waals surface area (Å²) in [4.78, 5) is 17.7. The van der Waals surface area contributed by atoms with Crippen LogP contribution in [0.4, 0.5) is 0 Å². The molecule has 1 amide bonds. The van der Waals surface area contributed by atoms with E-state index < -0.39 is 0 Å². The predicted molar refractivity (Wildman–Crippen MR) is 119 cm³/mol. The first-order valence-corrected chi connectivity index (χ1v) is 11.6. The van der Waals surface area contributed by atoms with Gasteiger partial charge in [0.2, 0.25) is 11.1 Å². The Bertz CT molecular complexity index is 1040. The van der Waals surface area contributed by atoms with Crippen LogP contribution in [0.3, 0.4) is 0 Å². The van der Waals surface area contributed by atoms with Crippen LogP contribution >= 0.6 is 11.8 Å². The van der Waals surface area contributed by atoms with Crippen molar-refractivity contribution in [2.75, 3.05) is 0 Å². The summed E-state index contributed by atoms with van der Waals surface area (Å²) < 4.78 is 1.95. The number of nitrogens with zero attached hydrogens (tertiary/aromatic N) is 3. The van der Waals surface area contributed by atoms with Crippen molar-refractivity contribution in [1.29, 1.82) is 0 Å². The second kappa shape index (κ2) is 8.26. The van der Waals surface area contributed by atoms with Crippen molar-refractivity contribution in [3.05, 3.63) is 71.5 Å². The molecule has 0 bridgehead atoms. The summed E-state index contributed by atoms with van der Waals surface area (Å²) in [7, 11) is 0. The van der Waals surface area contributed by atoms with E-state index in [2.05, 4.69) is 29.6 Å². The molecule has 0 spiro atoms. The van der Waals surface area contributed by atoms with Crippen molar-refractivity contribution in [2.24, 2.45) is 0 Å². The Kier molecular flexibility index (Phi) is 5.34. The molecule has 30 heavy (non-hydrogen) atoms. The molecule has 3 aromatic rings. The van der Waals surface area contributed by atoms with Crippen LogP contribution in [0.25, 0.3) is 5.69 Å². The smallest absolute Gasteiger partial charge is 0.233 e. The molecule has 0 aliphatic heterocycles.